The van der Waals surface area contributed by atoms with Crippen LogP contribution in [0, 0.1) is 0 Å². The highest BCUT2D eigenvalue weighted by atomic mass is 32.2. The van der Waals surface area contributed by atoms with E-state index in [2.05, 4.69) is 33.7 Å². The molecule has 5 nitrogen and oxygen atoms in total. The molecule has 1 atom stereocenters. The Hall–Kier alpha value is -0.460. The fraction of sp³-hybridized carbons (Fsp3) is 0.938. The van der Waals surface area contributed by atoms with Crippen molar-refractivity contribution in [1.29, 1.82) is 0 Å². The molecule has 2 saturated heterocycles. The summed E-state index contributed by atoms with van der Waals surface area (Å²) in [4.78, 5) is 6.94. The summed E-state index contributed by atoms with van der Waals surface area (Å²) in [5.41, 5.74) is 0. The van der Waals surface area contributed by atoms with E-state index in [4.69, 9.17) is 4.74 Å². The van der Waals surface area contributed by atoms with Gasteiger partial charge in [-0.05, 0) is 45.0 Å². The zero-order valence-corrected chi connectivity index (χ0v) is 15.2. The Morgan fingerprint density at radius 2 is 2.14 bits per heavy atom. The standard InChI is InChI=1S/C16H32N4OS/c1-4-20-9-5-6-14(20)12-18-15(17-2)19-13-16(22-3)7-10-21-11-8-16/h14H,4-13H2,1-3H3,(H2,17,18,19). The van der Waals surface area contributed by atoms with Crippen LogP contribution in [0.5, 0.6) is 0 Å². The average Bonchev–Trinajstić information content (AvgIpc) is 3.03. The SMILES string of the molecule is CCN1CCCC1CNC(=NC)NCC1(SC)CCOCC1. The van der Waals surface area contributed by atoms with Crippen molar-refractivity contribution in [3.63, 3.8) is 0 Å². The van der Waals surface area contributed by atoms with E-state index in [1.54, 1.807) is 0 Å². The van der Waals surface area contributed by atoms with Gasteiger partial charge in [0.15, 0.2) is 5.96 Å². The molecule has 2 heterocycles. The Morgan fingerprint density at radius 3 is 2.77 bits per heavy atom. The fourth-order valence-electron chi connectivity index (χ4n) is 3.42. The van der Waals surface area contributed by atoms with E-state index < -0.39 is 0 Å². The van der Waals surface area contributed by atoms with Gasteiger partial charge in [-0.1, -0.05) is 6.92 Å². The van der Waals surface area contributed by atoms with E-state index in [1.807, 2.05) is 18.8 Å². The molecule has 2 fully saturated rings. The lowest BCUT2D eigenvalue weighted by Crippen LogP contribution is -2.50. The highest BCUT2D eigenvalue weighted by Gasteiger charge is 2.32. The van der Waals surface area contributed by atoms with Crippen LogP contribution in [0.15, 0.2) is 4.99 Å². The Morgan fingerprint density at radius 1 is 1.36 bits per heavy atom. The lowest BCUT2D eigenvalue weighted by atomic mass is 9.99. The normalized spacial score (nSPS) is 26.1. The first-order chi connectivity index (χ1) is 10.7. The summed E-state index contributed by atoms with van der Waals surface area (Å²) in [6.45, 7) is 8.34. The van der Waals surface area contributed by atoms with Gasteiger partial charge in [-0.25, -0.2) is 0 Å². The molecule has 0 aliphatic carbocycles. The molecule has 0 aromatic heterocycles. The predicted octanol–water partition coefficient (Wildman–Crippen LogP) is 1.55. The van der Waals surface area contributed by atoms with Gasteiger partial charge in [0, 0.05) is 44.1 Å². The number of ether oxygens (including phenoxy) is 1. The first-order valence-corrected chi connectivity index (χ1v) is 9.77. The molecule has 0 amide bonds. The molecule has 0 radical (unpaired) electrons. The maximum atomic E-state index is 5.51. The zero-order chi connectivity index (χ0) is 15.8. The third-order valence-corrected chi connectivity index (χ3v) is 6.47. The largest absolute Gasteiger partial charge is 0.381 e. The summed E-state index contributed by atoms with van der Waals surface area (Å²) in [6.07, 6.45) is 7.06. The Labute approximate surface area is 139 Å². The predicted molar refractivity (Wildman–Crippen MR) is 95.9 cm³/mol. The van der Waals surface area contributed by atoms with Crippen molar-refractivity contribution in [2.24, 2.45) is 4.99 Å². The number of nitrogens with one attached hydrogen (secondary N) is 2. The van der Waals surface area contributed by atoms with Gasteiger partial charge in [-0.3, -0.25) is 9.89 Å². The van der Waals surface area contributed by atoms with Crippen LogP contribution in [-0.4, -0.2) is 74.3 Å². The molecule has 0 bridgehead atoms. The molecule has 0 saturated carbocycles. The minimum Gasteiger partial charge on any atom is -0.381 e. The van der Waals surface area contributed by atoms with Crippen LogP contribution in [0.3, 0.4) is 0 Å². The van der Waals surface area contributed by atoms with Gasteiger partial charge in [0.1, 0.15) is 0 Å². The monoisotopic (exact) mass is 328 g/mol. The van der Waals surface area contributed by atoms with Crippen LogP contribution in [0.1, 0.15) is 32.6 Å². The van der Waals surface area contributed by atoms with Crippen LogP contribution < -0.4 is 10.6 Å². The minimum atomic E-state index is 0.290. The molecule has 2 aliphatic heterocycles. The van der Waals surface area contributed by atoms with Crippen LogP contribution in [0.4, 0.5) is 0 Å². The van der Waals surface area contributed by atoms with E-state index in [1.165, 1.54) is 19.4 Å². The van der Waals surface area contributed by atoms with Crippen molar-refractivity contribution in [3.05, 3.63) is 0 Å². The van der Waals surface area contributed by atoms with Crippen molar-refractivity contribution in [1.82, 2.24) is 15.5 Å². The highest BCUT2D eigenvalue weighted by Crippen LogP contribution is 2.32. The average molecular weight is 329 g/mol. The molecule has 22 heavy (non-hydrogen) atoms. The van der Waals surface area contributed by atoms with Crippen molar-refractivity contribution < 1.29 is 4.74 Å². The maximum Gasteiger partial charge on any atom is 0.191 e. The molecule has 6 heteroatoms. The summed E-state index contributed by atoms with van der Waals surface area (Å²) in [5, 5.41) is 7.04. The van der Waals surface area contributed by atoms with Gasteiger partial charge >= 0.3 is 0 Å². The second-order valence-corrected chi connectivity index (χ2v) is 7.51. The third kappa shape index (κ3) is 4.77. The molecule has 0 aromatic carbocycles. The van der Waals surface area contributed by atoms with Gasteiger partial charge < -0.3 is 15.4 Å². The summed E-state index contributed by atoms with van der Waals surface area (Å²) >= 11 is 1.96. The number of rotatable bonds is 6. The second kappa shape index (κ2) is 8.99. The lowest BCUT2D eigenvalue weighted by molar-refractivity contribution is 0.0783. The number of likely N-dealkylation sites (tertiary alicyclic amines) is 1. The molecule has 0 aromatic rings. The summed E-state index contributed by atoms with van der Waals surface area (Å²) < 4.78 is 5.80. The molecule has 2 aliphatic rings. The quantitative estimate of drug-likeness (QED) is 0.572. The van der Waals surface area contributed by atoms with Crippen molar-refractivity contribution >= 4 is 17.7 Å². The lowest BCUT2D eigenvalue weighted by Gasteiger charge is -2.36. The topological polar surface area (TPSA) is 48.9 Å². The molecule has 2 rings (SSSR count). The number of guanidine groups is 1. The van der Waals surface area contributed by atoms with E-state index in [0.717, 1.165) is 51.6 Å². The molecule has 1 unspecified atom stereocenters. The van der Waals surface area contributed by atoms with Gasteiger partial charge in [0.25, 0.3) is 0 Å². The summed E-state index contributed by atoms with van der Waals surface area (Å²) in [7, 11) is 1.86. The zero-order valence-electron chi connectivity index (χ0n) is 14.4. The molecular formula is C16H32N4OS. The molecular weight excluding hydrogens is 296 g/mol. The number of likely N-dealkylation sites (N-methyl/N-ethyl adjacent to an activating group) is 1. The Bertz CT molecular complexity index is 358. The fourth-order valence-corrected chi connectivity index (χ4v) is 4.21. The van der Waals surface area contributed by atoms with Gasteiger partial charge in [0.2, 0.25) is 0 Å². The smallest absolute Gasteiger partial charge is 0.191 e. The van der Waals surface area contributed by atoms with Crippen LogP contribution in [0.2, 0.25) is 0 Å². The van der Waals surface area contributed by atoms with E-state index in [9.17, 15) is 0 Å². The molecule has 0 spiro atoms. The van der Waals surface area contributed by atoms with Gasteiger partial charge in [-0.2, -0.15) is 11.8 Å². The van der Waals surface area contributed by atoms with E-state index >= 15 is 0 Å². The van der Waals surface area contributed by atoms with Crippen molar-refractivity contribution in [2.45, 2.75) is 43.4 Å². The Kier molecular flexibility index (Phi) is 7.31. The Balaban J connectivity index is 1.77. The van der Waals surface area contributed by atoms with E-state index in [0.29, 0.717) is 10.8 Å². The first-order valence-electron chi connectivity index (χ1n) is 8.54. The number of hydrogen-bond donors (Lipinski definition) is 2. The molecule has 128 valence electrons. The van der Waals surface area contributed by atoms with Crippen molar-refractivity contribution in [3.8, 4) is 0 Å². The molecule has 2 N–H and O–H groups in total. The van der Waals surface area contributed by atoms with Gasteiger partial charge in [0.05, 0.1) is 0 Å². The summed E-state index contributed by atoms with van der Waals surface area (Å²) in [6, 6.07) is 0.654. The van der Waals surface area contributed by atoms with Crippen LogP contribution >= 0.6 is 11.8 Å². The minimum absolute atomic E-state index is 0.290. The first kappa shape index (κ1) is 17.9. The number of hydrogen-bond acceptors (Lipinski definition) is 4. The summed E-state index contributed by atoms with van der Waals surface area (Å²) in [5.74, 6) is 0.933. The highest BCUT2D eigenvalue weighted by molar-refractivity contribution is 8.00. The van der Waals surface area contributed by atoms with Crippen LogP contribution in [0.25, 0.3) is 0 Å². The maximum absolute atomic E-state index is 5.51. The number of thioether (sulfide) groups is 1. The van der Waals surface area contributed by atoms with Crippen LogP contribution in [-0.2, 0) is 4.74 Å². The number of aliphatic imine (C=N–C) groups is 1. The number of nitrogens with zero attached hydrogens (tertiary/aromatic N) is 2. The second-order valence-electron chi connectivity index (χ2n) is 6.23. The van der Waals surface area contributed by atoms with Gasteiger partial charge in [-0.15, -0.1) is 0 Å². The van der Waals surface area contributed by atoms with Crippen molar-refractivity contribution in [2.75, 3.05) is 52.7 Å². The van der Waals surface area contributed by atoms with E-state index in [-0.39, 0.29) is 0 Å². The third-order valence-electron chi connectivity index (χ3n) is 5.05.